The number of hydrogen-bond donors (Lipinski definition) is 1. The minimum Gasteiger partial charge on any atom is -0.337 e. The van der Waals surface area contributed by atoms with Crippen LogP contribution in [0.25, 0.3) is 0 Å². The fourth-order valence-corrected chi connectivity index (χ4v) is 7.04. The van der Waals surface area contributed by atoms with Crippen molar-refractivity contribution in [1.29, 1.82) is 0 Å². The molecule has 3 atom stereocenters. The second-order valence-electron chi connectivity index (χ2n) is 11.7. The number of rotatable bonds is 8. The second-order valence-corrected chi connectivity index (χ2v) is 13.0. The fourth-order valence-electron chi connectivity index (χ4n) is 5.93. The van der Waals surface area contributed by atoms with Gasteiger partial charge in [0.15, 0.2) is 0 Å². The Balaban J connectivity index is 0.00000173. The van der Waals surface area contributed by atoms with E-state index in [9.17, 15) is 4.79 Å². The highest BCUT2D eigenvalue weighted by Crippen LogP contribution is 2.50. The Morgan fingerprint density at radius 3 is 2.60 bits per heavy atom. The molecule has 1 heterocycles. The van der Waals surface area contributed by atoms with Gasteiger partial charge in [0.2, 0.25) is 5.91 Å². The molecule has 3 aromatic carbocycles. The van der Waals surface area contributed by atoms with E-state index in [0.29, 0.717) is 6.54 Å². The van der Waals surface area contributed by atoms with Crippen molar-refractivity contribution in [3.8, 4) is 0 Å². The van der Waals surface area contributed by atoms with Crippen LogP contribution in [0.2, 0.25) is 5.02 Å². The molecule has 0 saturated heterocycles. The van der Waals surface area contributed by atoms with Crippen LogP contribution < -0.4 is 9.62 Å². The van der Waals surface area contributed by atoms with E-state index < -0.39 is 0 Å². The molecule has 1 amide bonds. The van der Waals surface area contributed by atoms with E-state index in [4.69, 9.17) is 11.6 Å². The maximum atomic E-state index is 14.1. The van der Waals surface area contributed by atoms with Gasteiger partial charge in [-0.2, -0.15) is 0 Å². The Hall–Kier alpha value is -3.06. The minimum atomic E-state index is -0.0116. The number of imidazole rings is 1. The molecule has 0 radical (unpaired) electrons. The Morgan fingerprint density at radius 2 is 1.88 bits per heavy atom. The zero-order valence-corrected chi connectivity index (χ0v) is 26.8. The zero-order chi connectivity index (χ0) is 29.9. The number of hydrogen-bond acceptors (Lipinski definition) is 4. The van der Waals surface area contributed by atoms with Gasteiger partial charge in [-0.15, -0.1) is 0 Å². The number of fused-ring (bicyclic) bond motifs is 1. The van der Waals surface area contributed by atoms with Crippen molar-refractivity contribution in [1.82, 2.24) is 14.3 Å². The Bertz CT molecular complexity index is 1520. The summed E-state index contributed by atoms with van der Waals surface area (Å²) in [4.78, 5) is 21.7. The van der Waals surface area contributed by atoms with E-state index >= 15 is 0 Å². The van der Waals surface area contributed by atoms with Gasteiger partial charge < -0.3 is 9.47 Å². The van der Waals surface area contributed by atoms with E-state index in [0.717, 1.165) is 40.7 Å². The Labute approximate surface area is 259 Å². The molecule has 1 N–H and O–H groups in total. The average molecular weight is 601 g/mol. The molecule has 1 fully saturated rings. The lowest BCUT2D eigenvalue weighted by atomic mass is 9.71. The molecule has 2 aliphatic carbocycles. The van der Waals surface area contributed by atoms with Crippen molar-refractivity contribution in [3.05, 3.63) is 113 Å². The largest absolute Gasteiger partial charge is 0.337 e. The van der Waals surface area contributed by atoms with Crippen molar-refractivity contribution in [2.45, 2.75) is 75.8 Å². The van der Waals surface area contributed by atoms with Crippen molar-refractivity contribution in [2.75, 3.05) is 4.90 Å². The molecule has 0 bridgehead atoms. The standard InChI is InChI=1S/C33H35ClN4OS.C2H6/c1-33(2)15-14-30(36-40-25-11-7-10-23(34)18-25)28-19-24(12-13-29(28)33)38(21-31-35-16-17-37(31)3)32(39)27-20-26(27)22-8-5-4-6-9-22;1-2/h4-13,16-19,26-27,30,36H,14-15,20-21H2,1-3H3;1-2H3/t26-,27+,30?;/m1./s1. The lowest BCUT2D eigenvalue weighted by Crippen LogP contribution is -2.35. The first-order valence-corrected chi connectivity index (χ1v) is 16.1. The molecule has 5 nitrogen and oxygen atoms in total. The van der Waals surface area contributed by atoms with Gasteiger partial charge >= 0.3 is 0 Å². The van der Waals surface area contributed by atoms with Gasteiger partial charge in [-0.3, -0.25) is 9.52 Å². The summed E-state index contributed by atoms with van der Waals surface area (Å²) in [6.45, 7) is 9.08. The van der Waals surface area contributed by atoms with E-state index in [1.165, 1.54) is 16.7 Å². The fraction of sp³-hybridized carbons (Fsp3) is 0.371. The molecule has 1 unspecified atom stereocenters. The van der Waals surface area contributed by atoms with Gasteiger partial charge in [0, 0.05) is 47.0 Å². The van der Waals surface area contributed by atoms with Gasteiger partial charge in [0.25, 0.3) is 0 Å². The minimum absolute atomic E-state index is 0.0116. The number of nitrogens with one attached hydrogen (secondary N) is 1. The molecule has 0 spiro atoms. The van der Waals surface area contributed by atoms with Crippen molar-refractivity contribution >= 4 is 35.1 Å². The molecule has 1 saturated carbocycles. The van der Waals surface area contributed by atoms with Crippen LogP contribution in [-0.4, -0.2) is 15.5 Å². The van der Waals surface area contributed by atoms with Gasteiger partial charge in [-0.05, 0) is 89.6 Å². The molecule has 0 aliphatic heterocycles. The SMILES string of the molecule is CC.Cn1ccnc1CN(C(=O)[C@H]1C[C@@H]1c1ccccc1)c1ccc2c(c1)C(NSc1cccc(Cl)c1)CCC2(C)C. The van der Waals surface area contributed by atoms with E-state index in [2.05, 4.69) is 72.1 Å². The zero-order valence-electron chi connectivity index (χ0n) is 25.2. The predicted octanol–water partition coefficient (Wildman–Crippen LogP) is 8.85. The number of aryl methyl sites for hydroxylation is 1. The highest BCUT2D eigenvalue weighted by molar-refractivity contribution is 7.97. The number of aromatic nitrogens is 2. The molecule has 2 aliphatic rings. The summed E-state index contributed by atoms with van der Waals surface area (Å²) in [5, 5.41) is 0.733. The third-order valence-electron chi connectivity index (χ3n) is 8.45. The van der Waals surface area contributed by atoms with Gasteiger partial charge in [-0.1, -0.05) is 81.8 Å². The Kier molecular flexibility index (Phi) is 9.46. The van der Waals surface area contributed by atoms with Crippen LogP contribution in [0.3, 0.4) is 0 Å². The van der Waals surface area contributed by atoms with Gasteiger partial charge in [-0.25, -0.2) is 4.98 Å². The molecule has 6 rings (SSSR count). The highest BCUT2D eigenvalue weighted by atomic mass is 35.5. The normalized spacial score (nSPS) is 20.2. The average Bonchev–Trinajstić information content (AvgIpc) is 3.71. The van der Waals surface area contributed by atoms with E-state index in [1.54, 1.807) is 18.1 Å². The molecular weight excluding hydrogens is 560 g/mol. The summed E-state index contributed by atoms with van der Waals surface area (Å²) in [6, 6.07) is 25.1. The number of benzene rings is 3. The Morgan fingerprint density at radius 1 is 1.10 bits per heavy atom. The van der Waals surface area contributed by atoms with Crippen LogP contribution in [0.4, 0.5) is 5.69 Å². The number of carbonyl (C=O) groups excluding carboxylic acids is 1. The number of nitrogens with zero attached hydrogens (tertiary/aromatic N) is 3. The predicted molar refractivity (Wildman–Crippen MR) is 175 cm³/mol. The molecule has 7 heteroatoms. The lowest BCUT2D eigenvalue weighted by Gasteiger charge is -2.38. The third kappa shape index (κ3) is 6.61. The molecule has 4 aromatic rings. The quantitative estimate of drug-likeness (QED) is 0.205. The van der Waals surface area contributed by atoms with Crippen LogP contribution >= 0.6 is 23.5 Å². The van der Waals surface area contributed by atoms with Crippen molar-refractivity contribution in [2.24, 2.45) is 13.0 Å². The van der Waals surface area contributed by atoms with Gasteiger partial charge in [0.1, 0.15) is 5.82 Å². The first-order chi connectivity index (χ1) is 20.3. The van der Waals surface area contributed by atoms with Crippen LogP contribution in [0.15, 0.2) is 90.1 Å². The van der Waals surface area contributed by atoms with Crippen LogP contribution in [-0.2, 0) is 23.8 Å². The molecular formula is C35H41ClN4OS. The lowest BCUT2D eigenvalue weighted by molar-refractivity contribution is -0.120. The van der Waals surface area contributed by atoms with Gasteiger partial charge in [0.05, 0.1) is 6.54 Å². The maximum Gasteiger partial charge on any atom is 0.231 e. The van der Waals surface area contributed by atoms with Crippen molar-refractivity contribution in [3.63, 3.8) is 0 Å². The highest BCUT2D eigenvalue weighted by Gasteiger charge is 2.46. The first kappa shape index (κ1) is 30.4. The summed E-state index contributed by atoms with van der Waals surface area (Å²) in [5.41, 5.74) is 4.84. The van der Waals surface area contributed by atoms with Crippen LogP contribution in [0, 0.1) is 5.92 Å². The number of amides is 1. The third-order valence-corrected chi connectivity index (χ3v) is 9.57. The van der Waals surface area contributed by atoms with Crippen LogP contribution in [0.5, 0.6) is 0 Å². The number of carbonyl (C=O) groups is 1. The van der Waals surface area contributed by atoms with Crippen LogP contribution in [0.1, 0.15) is 81.4 Å². The first-order valence-electron chi connectivity index (χ1n) is 14.9. The molecule has 42 heavy (non-hydrogen) atoms. The second kappa shape index (κ2) is 13.1. The van der Waals surface area contributed by atoms with E-state index in [-0.39, 0.29) is 29.2 Å². The summed E-state index contributed by atoms with van der Waals surface area (Å²) in [5.74, 6) is 1.30. The monoisotopic (exact) mass is 600 g/mol. The number of anilines is 1. The summed E-state index contributed by atoms with van der Waals surface area (Å²) in [7, 11) is 1.98. The molecule has 1 aromatic heterocycles. The number of halogens is 1. The van der Waals surface area contributed by atoms with E-state index in [1.807, 2.05) is 60.8 Å². The summed E-state index contributed by atoms with van der Waals surface area (Å²) in [6.07, 6.45) is 6.72. The topological polar surface area (TPSA) is 50.2 Å². The molecule has 220 valence electrons. The van der Waals surface area contributed by atoms with Crippen molar-refractivity contribution < 1.29 is 4.79 Å². The smallest absolute Gasteiger partial charge is 0.231 e. The summed E-state index contributed by atoms with van der Waals surface area (Å²) >= 11 is 7.85. The summed E-state index contributed by atoms with van der Waals surface area (Å²) < 4.78 is 5.71. The maximum absolute atomic E-state index is 14.1.